The Balaban J connectivity index is 2.60. The van der Waals surface area contributed by atoms with E-state index in [1.165, 1.54) is 29.5 Å². The zero-order valence-electron chi connectivity index (χ0n) is 10.4. The number of unbranched alkanes of at least 4 members (excludes halogenated alkanes) is 2. The summed E-state index contributed by atoms with van der Waals surface area (Å²) in [6, 6.07) is 4.34. The summed E-state index contributed by atoms with van der Waals surface area (Å²) in [7, 11) is 0. The van der Waals surface area contributed by atoms with Gasteiger partial charge in [-0.3, -0.25) is 0 Å². The molecular weight excluding hydrogens is 184 g/mol. The fourth-order valence-electron chi connectivity index (χ4n) is 1.68. The third kappa shape index (κ3) is 3.58. The highest BCUT2D eigenvalue weighted by molar-refractivity contribution is 5.41. The highest BCUT2D eigenvalue weighted by Crippen LogP contribution is 2.23. The highest BCUT2D eigenvalue weighted by Gasteiger charge is 2.03. The molecule has 0 unspecified atom stereocenters. The lowest BCUT2D eigenvalue weighted by molar-refractivity contribution is 0.304. The SMILES string of the molecule is CCCCCOc1cc(C)cc(C)c1C. The van der Waals surface area contributed by atoms with Gasteiger partial charge in [-0.15, -0.1) is 0 Å². The van der Waals surface area contributed by atoms with Crippen LogP contribution in [0.3, 0.4) is 0 Å². The molecule has 84 valence electrons. The largest absolute Gasteiger partial charge is 0.493 e. The zero-order valence-corrected chi connectivity index (χ0v) is 10.4. The second-order valence-corrected chi connectivity index (χ2v) is 4.26. The van der Waals surface area contributed by atoms with Crippen LogP contribution in [0, 0.1) is 20.8 Å². The van der Waals surface area contributed by atoms with Gasteiger partial charge >= 0.3 is 0 Å². The van der Waals surface area contributed by atoms with Gasteiger partial charge in [0.15, 0.2) is 0 Å². The van der Waals surface area contributed by atoms with Crippen LogP contribution in [0.2, 0.25) is 0 Å². The van der Waals surface area contributed by atoms with Gasteiger partial charge < -0.3 is 4.74 Å². The Bertz CT molecular complexity index is 315. The molecule has 1 aromatic rings. The van der Waals surface area contributed by atoms with Gasteiger partial charge in [0.2, 0.25) is 0 Å². The summed E-state index contributed by atoms with van der Waals surface area (Å²) in [4.78, 5) is 0. The van der Waals surface area contributed by atoms with Gasteiger partial charge in [-0.25, -0.2) is 0 Å². The molecule has 1 nitrogen and oxygen atoms in total. The Labute approximate surface area is 93.5 Å². The molecule has 0 atom stereocenters. The summed E-state index contributed by atoms with van der Waals surface area (Å²) in [5, 5.41) is 0. The molecule has 0 radical (unpaired) electrons. The first kappa shape index (κ1) is 12.1. The van der Waals surface area contributed by atoms with E-state index >= 15 is 0 Å². The van der Waals surface area contributed by atoms with Crippen LogP contribution in [0.1, 0.15) is 42.9 Å². The van der Waals surface area contributed by atoms with E-state index in [4.69, 9.17) is 4.74 Å². The topological polar surface area (TPSA) is 9.23 Å². The van der Waals surface area contributed by atoms with E-state index in [0.717, 1.165) is 18.8 Å². The molecule has 0 aliphatic heterocycles. The molecule has 1 aromatic carbocycles. The van der Waals surface area contributed by atoms with E-state index < -0.39 is 0 Å². The Morgan fingerprint density at radius 2 is 1.80 bits per heavy atom. The Morgan fingerprint density at radius 1 is 1.07 bits per heavy atom. The van der Waals surface area contributed by atoms with Gasteiger partial charge in [-0.05, 0) is 49.9 Å². The maximum absolute atomic E-state index is 5.80. The molecule has 0 N–H and O–H groups in total. The number of benzene rings is 1. The average molecular weight is 206 g/mol. The van der Waals surface area contributed by atoms with Crippen molar-refractivity contribution >= 4 is 0 Å². The third-order valence-corrected chi connectivity index (χ3v) is 2.77. The summed E-state index contributed by atoms with van der Waals surface area (Å²) >= 11 is 0. The summed E-state index contributed by atoms with van der Waals surface area (Å²) in [6.07, 6.45) is 3.65. The lowest BCUT2D eigenvalue weighted by Crippen LogP contribution is -2.00. The molecule has 0 heterocycles. The predicted octanol–water partition coefficient (Wildman–Crippen LogP) is 4.18. The fourth-order valence-corrected chi connectivity index (χ4v) is 1.68. The number of hydrogen-bond acceptors (Lipinski definition) is 1. The average Bonchev–Trinajstić information content (AvgIpc) is 2.19. The van der Waals surface area contributed by atoms with E-state index in [1.807, 2.05) is 0 Å². The molecular formula is C14H22O. The minimum atomic E-state index is 0.845. The Hall–Kier alpha value is -0.980. The lowest BCUT2D eigenvalue weighted by atomic mass is 10.1. The van der Waals surface area contributed by atoms with Gasteiger partial charge in [0.1, 0.15) is 5.75 Å². The molecule has 0 aromatic heterocycles. The van der Waals surface area contributed by atoms with Crippen LogP contribution in [0.5, 0.6) is 5.75 Å². The van der Waals surface area contributed by atoms with Crippen molar-refractivity contribution in [1.29, 1.82) is 0 Å². The van der Waals surface area contributed by atoms with E-state index in [-0.39, 0.29) is 0 Å². The third-order valence-electron chi connectivity index (χ3n) is 2.77. The molecule has 0 bridgehead atoms. The first-order chi connectivity index (χ1) is 7.15. The van der Waals surface area contributed by atoms with Crippen LogP contribution >= 0.6 is 0 Å². The Morgan fingerprint density at radius 3 is 2.47 bits per heavy atom. The lowest BCUT2D eigenvalue weighted by Gasteiger charge is -2.12. The molecule has 0 aliphatic rings. The fraction of sp³-hybridized carbons (Fsp3) is 0.571. The van der Waals surface area contributed by atoms with E-state index in [9.17, 15) is 0 Å². The predicted molar refractivity (Wildman–Crippen MR) is 65.7 cm³/mol. The maximum Gasteiger partial charge on any atom is 0.122 e. The van der Waals surface area contributed by atoms with E-state index in [2.05, 4.69) is 39.8 Å². The smallest absolute Gasteiger partial charge is 0.122 e. The van der Waals surface area contributed by atoms with Gasteiger partial charge in [0.25, 0.3) is 0 Å². The zero-order chi connectivity index (χ0) is 11.3. The van der Waals surface area contributed by atoms with E-state index in [1.54, 1.807) is 0 Å². The van der Waals surface area contributed by atoms with Crippen molar-refractivity contribution in [2.24, 2.45) is 0 Å². The minimum Gasteiger partial charge on any atom is -0.493 e. The van der Waals surface area contributed by atoms with Crippen molar-refractivity contribution in [3.63, 3.8) is 0 Å². The first-order valence-electron chi connectivity index (χ1n) is 5.85. The second kappa shape index (κ2) is 5.79. The molecule has 0 saturated carbocycles. The molecule has 0 spiro atoms. The van der Waals surface area contributed by atoms with Gasteiger partial charge in [0, 0.05) is 0 Å². The number of ether oxygens (including phenoxy) is 1. The van der Waals surface area contributed by atoms with Crippen LogP contribution in [0.15, 0.2) is 12.1 Å². The molecule has 0 aliphatic carbocycles. The second-order valence-electron chi connectivity index (χ2n) is 4.26. The molecule has 1 rings (SSSR count). The van der Waals surface area contributed by atoms with E-state index in [0.29, 0.717) is 0 Å². The Kier molecular flexibility index (Phi) is 4.67. The monoisotopic (exact) mass is 206 g/mol. The van der Waals surface area contributed by atoms with Crippen LogP contribution in [-0.4, -0.2) is 6.61 Å². The molecule has 0 amide bonds. The van der Waals surface area contributed by atoms with Gasteiger partial charge in [0.05, 0.1) is 6.61 Å². The quantitative estimate of drug-likeness (QED) is 0.657. The number of hydrogen-bond donors (Lipinski definition) is 0. The van der Waals surface area contributed by atoms with Crippen LogP contribution in [0.4, 0.5) is 0 Å². The van der Waals surface area contributed by atoms with Gasteiger partial charge in [-0.2, -0.15) is 0 Å². The van der Waals surface area contributed by atoms with Crippen molar-refractivity contribution in [3.8, 4) is 5.75 Å². The minimum absolute atomic E-state index is 0.845. The summed E-state index contributed by atoms with van der Waals surface area (Å²) < 4.78 is 5.80. The number of rotatable bonds is 5. The standard InChI is InChI=1S/C14H22O/c1-5-6-7-8-15-14-10-11(2)9-12(3)13(14)4/h9-10H,5-8H2,1-4H3. The molecule has 0 saturated heterocycles. The first-order valence-corrected chi connectivity index (χ1v) is 5.85. The summed E-state index contributed by atoms with van der Waals surface area (Å²) in [5.41, 5.74) is 3.88. The molecule has 1 heteroatoms. The summed E-state index contributed by atoms with van der Waals surface area (Å²) in [5.74, 6) is 1.06. The van der Waals surface area contributed by atoms with Crippen molar-refractivity contribution in [2.75, 3.05) is 6.61 Å². The van der Waals surface area contributed by atoms with Crippen molar-refractivity contribution in [1.82, 2.24) is 0 Å². The van der Waals surface area contributed by atoms with Gasteiger partial charge in [-0.1, -0.05) is 25.8 Å². The van der Waals surface area contributed by atoms with Crippen LogP contribution in [-0.2, 0) is 0 Å². The molecule has 0 fully saturated rings. The van der Waals surface area contributed by atoms with Crippen molar-refractivity contribution in [3.05, 3.63) is 28.8 Å². The van der Waals surface area contributed by atoms with Crippen molar-refractivity contribution in [2.45, 2.75) is 47.0 Å². The summed E-state index contributed by atoms with van der Waals surface area (Å²) in [6.45, 7) is 9.44. The molecule has 15 heavy (non-hydrogen) atoms. The number of aryl methyl sites for hydroxylation is 2. The maximum atomic E-state index is 5.80. The van der Waals surface area contributed by atoms with Crippen LogP contribution < -0.4 is 4.74 Å². The van der Waals surface area contributed by atoms with Crippen LogP contribution in [0.25, 0.3) is 0 Å². The highest BCUT2D eigenvalue weighted by atomic mass is 16.5. The normalized spacial score (nSPS) is 10.4. The van der Waals surface area contributed by atoms with Crippen molar-refractivity contribution < 1.29 is 4.74 Å².